The van der Waals surface area contributed by atoms with Crippen LogP contribution < -0.4 is 4.74 Å². The molecule has 0 fully saturated rings. The standard InChI is InChI=1S/C14H12BrClO/c1-10(17-12-5-3-2-4-6-12)11-7-8-13(15)14(16)9-11/h2-10H,1H3. The average molecular weight is 312 g/mol. The van der Waals surface area contributed by atoms with E-state index in [9.17, 15) is 0 Å². The lowest BCUT2D eigenvalue weighted by atomic mass is 10.1. The smallest absolute Gasteiger partial charge is 0.121 e. The van der Waals surface area contributed by atoms with Gasteiger partial charge in [-0.3, -0.25) is 0 Å². The van der Waals surface area contributed by atoms with Gasteiger partial charge in [-0.15, -0.1) is 0 Å². The molecule has 1 unspecified atom stereocenters. The molecule has 0 aliphatic heterocycles. The topological polar surface area (TPSA) is 9.23 Å². The largest absolute Gasteiger partial charge is 0.486 e. The lowest BCUT2D eigenvalue weighted by Crippen LogP contribution is -2.02. The number of hydrogen-bond donors (Lipinski definition) is 0. The highest BCUT2D eigenvalue weighted by atomic mass is 79.9. The molecule has 0 heterocycles. The normalized spacial score (nSPS) is 12.2. The second kappa shape index (κ2) is 5.56. The maximum atomic E-state index is 6.06. The molecule has 17 heavy (non-hydrogen) atoms. The second-order valence-electron chi connectivity index (χ2n) is 3.75. The van der Waals surface area contributed by atoms with E-state index < -0.39 is 0 Å². The highest BCUT2D eigenvalue weighted by Gasteiger charge is 2.08. The molecule has 1 nitrogen and oxygen atoms in total. The van der Waals surface area contributed by atoms with Crippen molar-refractivity contribution >= 4 is 27.5 Å². The van der Waals surface area contributed by atoms with E-state index in [0.717, 1.165) is 15.8 Å². The molecule has 2 aromatic carbocycles. The average Bonchev–Trinajstić information content (AvgIpc) is 2.34. The minimum atomic E-state index is -0.0250. The van der Waals surface area contributed by atoms with Gasteiger partial charge in [0.1, 0.15) is 11.9 Å². The summed E-state index contributed by atoms with van der Waals surface area (Å²) < 4.78 is 6.72. The SMILES string of the molecule is CC(Oc1ccccc1)c1ccc(Br)c(Cl)c1. The molecule has 0 N–H and O–H groups in total. The van der Waals surface area contributed by atoms with E-state index in [2.05, 4.69) is 15.9 Å². The van der Waals surface area contributed by atoms with Crippen LogP contribution in [-0.4, -0.2) is 0 Å². The number of hydrogen-bond acceptors (Lipinski definition) is 1. The van der Waals surface area contributed by atoms with E-state index in [1.165, 1.54) is 0 Å². The quantitative estimate of drug-likeness (QED) is 0.753. The van der Waals surface area contributed by atoms with Crippen LogP contribution in [0.15, 0.2) is 53.0 Å². The van der Waals surface area contributed by atoms with Crippen molar-refractivity contribution in [2.75, 3.05) is 0 Å². The molecule has 2 rings (SSSR count). The summed E-state index contributed by atoms with van der Waals surface area (Å²) in [6, 6.07) is 15.6. The van der Waals surface area contributed by atoms with Gasteiger partial charge >= 0.3 is 0 Å². The lowest BCUT2D eigenvalue weighted by Gasteiger charge is -2.15. The summed E-state index contributed by atoms with van der Waals surface area (Å²) in [5, 5.41) is 0.700. The molecule has 0 amide bonds. The van der Waals surface area contributed by atoms with Crippen LogP contribution >= 0.6 is 27.5 Å². The predicted molar refractivity (Wildman–Crippen MR) is 74.6 cm³/mol. The summed E-state index contributed by atoms with van der Waals surface area (Å²) in [5.74, 6) is 0.860. The van der Waals surface area contributed by atoms with Crippen LogP contribution in [-0.2, 0) is 0 Å². The van der Waals surface area contributed by atoms with E-state index in [0.29, 0.717) is 5.02 Å². The minimum absolute atomic E-state index is 0.0250. The van der Waals surface area contributed by atoms with Crippen molar-refractivity contribution in [3.05, 3.63) is 63.6 Å². The molecule has 2 aromatic rings. The fourth-order valence-corrected chi connectivity index (χ4v) is 1.97. The maximum absolute atomic E-state index is 6.06. The Bertz CT molecular complexity index is 499. The molecule has 1 atom stereocenters. The number of halogens is 2. The first-order valence-electron chi connectivity index (χ1n) is 5.33. The maximum Gasteiger partial charge on any atom is 0.121 e. The fraction of sp³-hybridized carbons (Fsp3) is 0.143. The van der Waals surface area contributed by atoms with Crippen LogP contribution in [0.2, 0.25) is 5.02 Å². The van der Waals surface area contributed by atoms with Gasteiger partial charge in [-0.05, 0) is 52.7 Å². The van der Waals surface area contributed by atoms with Crippen LogP contribution in [0.3, 0.4) is 0 Å². The molecule has 0 aliphatic rings. The highest BCUT2D eigenvalue weighted by molar-refractivity contribution is 9.10. The van der Waals surface area contributed by atoms with Crippen molar-refractivity contribution in [3.8, 4) is 5.75 Å². The Morgan fingerprint density at radius 1 is 1.12 bits per heavy atom. The summed E-state index contributed by atoms with van der Waals surface area (Å²) >= 11 is 9.43. The van der Waals surface area contributed by atoms with Crippen LogP contribution in [0.5, 0.6) is 5.75 Å². The van der Waals surface area contributed by atoms with Gasteiger partial charge < -0.3 is 4.74 Å². The molecule has 0 radical (unpaired) electrons. The van der Waals surface area contributed by atoms with Crippen molar-refractivity contribution < 1.29 is 4.74 Å². The summed E-state index contributed by atoms with van der Waals surface area (Å²) in [6.45, 7) is 2.01. The Hall–Kier alpha value is -0.990. The summed E-state index contributed by atoms with van der Waals surface area (Å²) in [4.78, 5) is 0. The fourth-order valence-electron chi connectivity index (χ4n) is 1.54. The van der Waals surface area contributed by atoms with Gasteiger partial charge in [0, 0.05) is 4.47 Å². The van der Waals surface area contributed by atoms with Gasteiger partial charge in [-0.1, -0.05) is 35.9 Å². The molecule has 3 heteroatoms. The van der Waals surface area contributed by atoms with Crippen molar-refractivity contribution in [1.29, 1.82) is 0 Å². The Morgan fingerprint density at radius 2 is 1.82 bits per heavy atom. The lowest BCUT2D eigenvalue weighted by molar-refractivity contribution is 0.227. The molecule has 0 spiro atoms. The molecular formula is C14H12BrClO. The minimum Gasteiger partial charge on any atom is -0.486 e. The molecule has 88 valence electrons. The van der Waals surface area contributed by atoms with Gasteiger partial charge in [0.05, 0.1) is 5.02 Å². The number of rotatable bonds is 3. The van der Waals surface area contributed by atoms with E-state index >= 15 is 0 Å². The van der Waals surface area contributed by atoms with E-state index in [-0.39, 0.29) is 6.10 Å². The number of benzene rings is 2. The Labute approximate surface area is 115 Å². The van der Waals surface area contributed by atoms with E-state index in [1.807, 2.05) is 55.5 Å². The first-order chi connectivity index (χ1) is 8.16. The van der Waals surface area contributed by atoms with E-state index in [4.69, 9.17) is 16.3 Å². The van der Waals surface area contributed by atoms with Crippen LogP contribution in [0.1, 0.15) is 18.6 Å². The molecule has 0 saturated heterocycles. The first kappa shape index (κ1) is 12.5. The van der Waals surface area contributed by atoms with Crippen molar-refractivity contribution in [2.45, 2.75) is 13.0 Å². The zero-order chi connectivity index (χ0) is 12.3. The van der Waals surface area contributed by atoms with Crippen molar-refractivity contribution in [1.82, 2.24) is 0 Å². The zero-order valence-corrected chi connectivity index (χ0v) is 11.7. The third kappa shape index (κ3) is 3.24. The molecule has 0 bridgehead atoms. The summed E-state index contributed by atoms with van der Waals surface area (Å²) in [6.07, 6.45) is -0.0250. The number of ether oxygens (including phenoxy) is 1. The Kier molecular flexibility index (Phi) is 4.08. The predicted octanol–water partition coefficient (Wildman–Crippen LogP) is 5.24. The van der Waals surface area contributed by atoms with Crippen molar-refractivity contribution in [2.24, 2.45) is 0 Å². The van der Waals surface area contributed by atoms with Gasteiger partial charge in [0.2, 0.25) is 0 Å². The van der Waals surface area contributed by atoms with E-state index in [1.54, 1.807) is 0 Å². The highest BCUT2D eigenvalue weighted by Crippen LogP contribution is 2.28. The van der Waals surface area contributed by atoms with Gasteiger partial charge in [-0.2, -0.15) is 0 Å². The third-order valence-electron chi connectivity index (χ3n) is 2.47. The third-order valence-corrected chi connectivity index (χ3v) is 3.70. The van der Waals surface area contributed by atoms with Gasteiger partial charge in [0.15, 0.2) is 0 Å². The zero-order valence-electron chi connectivity index (χ0n) is 9.36. The Balaban J connectivity index is 2.14. The van der Waals surface area contributed by atoms with Gasteiger partial charge in [0.25, 0.3) is 0 Å². The molecule has 0 saturated carbocycles. The second-order valence-corrected chi connectivity index (χ2v) is 5.01. The summed E-state index contributed by atoms with van der Waals surface area (Å²) in [7, 11) is 0. The molecule has 0 aromatic heterocycles. The number of para-hydroxylation sites is 1. The monoisotopic (exact) mass is 310 g/mol. The molecular weight excluding hydrogens is 300 g/mol. The summed E-state index contributed by atoms with van der Waals surface area (Å²) in [5.41, 5.74) is 1.06. The van der Waals surface area contributed by atoms with Crippen LogP contribution in [0.4, 0.5) is 0 Å². The first-order valence-corrected chi connectivity index (χ1v) is 6.50. The van der Waals surface area contributed by atoms with Gasteiger partial charge in [-0.25, -0.2) is 0 Å². The van der Waals surface area contributed by atoms with Crippen LogP contribution in [0.25, 0.3) is 0 Å². The molecule has 0 aliphatic carbocycles. The Morgan fingerprint density at radius 3 is 2.47 bits per heavy atom. The van der Waals surface area contributed by atoms with Crippen molar-refractivity contribution in [3.63, 3.8) is 0 Å². The van der Waals surface area contributed by atoms with Crippen LogP contribution in [0, 0.1) is 0 Å².